The lowest BCUT2D eigenvalue weighted by Gasteiger charge is -2.07. The lowest BCUT2D eigenvalue weighted by Crippen LogP contribution is -2.25. The molecule has 6 heteroatoms. The Morgan fingerprint density at radius 2 is 1.93 bits per heavy atom. The summed E-state index contributed by atoms with van der Waals surface area (Å²) >= 11 is 1.44. The maximum Gasteiger partial charge on any atom is 0.263 e. The average Bonchev–Trinajstić information content (AvgIpc) is 3.30. The summed E-state index contributed by atoms with van der Waals surface area (Å²) in [5.41, 5.74) is 4.09. The Morgan fingerprint density at radius 1 is 1.11 bits per heavy atom. The molecule has 4 rings (SSSR count). The highest BCUT2D eigenvalue weighted by molar-refractivity contribution is 7.14. The van der Waals surface area contributed by atoms with E-state index in [-0.39, 0.29) is 5.91 Å². The summed E-state index contributed by atoms with van der Waals surface area (Å²) in [6.45, 7) is 5.38. The zero-order valence-corrected chi connectivity index (χ0v) is 16.8. The molecule has 0 fully saturated rings. The summed E-state index contributed by atoms with van der Waals surface area (Å²) in [6.07, 6.45) is 2.73. The number of rotatable bonds is 6. The van der Waals surface area contributed by atoms with Crippen LogP contribution in [0.3, 0.4) is 0 Å². The maximum atomic E-state index is 12.7. The molecule has 0 radical (unpaired) electrons. The Morgan fingerprint density at radius 3 is 2.75 bits per heavy atom. The third-order valence-electron chi connectivity index (χ3n) is 4.73. The van der Waals surface area contributed by atoms with Crippen LogP contribution in [0.2, 0.25) is 0 Å². The Labute approximate surface area is 168 Å². The summed E-state index contributed by atoms with van der Waals surface area (Å²) in [5, 5.41) is 9.59. The van der Waals surface area contributed by atoms with Crippen molar-refractivity contribution in [3.63, 3.8) is 0 Å². The van der Waals surface area contributed by atoms with Gasteiger partial charge >= 0.3 is 0 Å². The van der Waals surface area contributed by atoms with Crippen molar-refractivity contribution in [2.45, 2.75) is 26.8 Å². The fraction of sp³-hybridized carbons (Fsp3) is 0.227. The van der Waals surface area contributed by atoms with Crippen molar-refractivity contribution in [1.82, 2.24) is 20.1 Å². The maximum absolute atomic E-state index is 12.7. The van der Waals surface area contributed by atoms with Crippen molar-refractivity contribution >= 4 is 28.1 Å². The molecule has 142 valence electrons. The smallest absolute Gasteiger partial charge is 0.263 e. The van der Waals surface area contributed by atoms with E-state index in [9.17, 15) is 4.79 Å². The van der Waals surface area contributed by atoms with Crippen LogP contribution in [-0.4, -0.2) is 27.2 Å². The summed E-state index contributed by atoms with van der Waals surface area (Å²) in [5.74, 6) is -0.0642. The van der Waals surface area contributed by atoms with Gasteiger partial charge in [-0.15, -0.1) is 11.3 Å². The second kappa shape index (κ2) is 7.94. The van der Waals surface area contributed by atoms with Gasteiger partial charge in [0.15, 0.2) is 0 Å². The second-order valence-electron chi connectivity index (χ2n) is 6.76. The van der Waals surface area contributed by atoms with Gasteiger partial charge in [0.05, 0.1) is 22.4 Å². The van der Waals surface area contributed by atoms with Gasteiger partial charge in [0.2, 0.25) is 0 Å². The Kier molecular flexibility index (Phi) is 5.21. The monoisotopic (exact) mass is 390 g/mol. The number of carbonyl (C=O) groups excluding carboxylic acids is 1. The van der Waals surface area contributed by atoms with Gasteiger partial charge in [0.25, 0.3) is 5.91 Å². The fourth-order valence-corrected chi connectivity index (χ4v) is 4.17. The minimum absolute atomic E-state index is 0.0642. The van der Waals surface area contributed by atoms with Crippen LogP contribution < -0.4 is 5.32 Å². The lowest BCUT2D eigenvalue weighted by molar-refractivity contribution is 0.0957. The van der Waals surface area contributed by atoms with E-state index in [1.807, 2.05) is 48.1 Å². The van der Waals surface area contributed by atoms with Crippen LogP contribution in [0.15, 0.2) is 54.7 Å². The van der Waals surface area contributed by atoms with Crippen molar-refractivity contribution < 1.29 is 4.79 Å². The molecule has 1 amide bonds. The average molecular weight is 391 g/mol. The molecule has 0 atom stereocenters. The third kappa shape index (κ3) is 3.68. The molecule has 0 bridgehead atoms. The van der Waals surface area contributed by atoms with Gasteiger partial charge in [0, 0.05) is 24.0 Å². The molecule has 28 heavy (non-hydrogen) atoms. The standard InChI is InChI=1S/C22H22N4OS/c1-15-8-6-11-19-18(15)14-24-26(19)13-7-12-23-22(27)21-20(25-16(2)28-21)17-9-4-3-5-10-17/h3-6,8-11,14H,7,12-13H2,1-2H3,(H,23,27). The van der Waals surface area contributed by atoms with Crippen molar-refractivity contribution in [1.29, 1.82) is 0 Å². The van der Waals surface area contributed by atoms with Gasteiger partial charge < -0.3 is 5.32 Å². The molecule has 0 saturated heterocycles. The SMILES string of the molecule is Cc1nc(-c2ccccc2)c(C(=O)NCCCn2ncc3c(C)cccc32)s1. The molecule has 0 aliphatic heterocycles. The van der Waals surface area contributed by atoms with E-state index >= 15 is 0 Å². The first-order chi connectivity index (χ1) is 13.6. The molecule has 2 aromatic heterocycles. The van der Waals surface area contributed by atoms with Crippen LogP contribution in [0, 0.1) is 13.8 Å². The summed E-state index contributed by atoms with van der Waals surface area (Å²) in [7, 11) is 0. The van der Waals surface area contributed by atoms with E-state index in [1.165, 1.54) is 22.3 Å². The van der Waals surface area contributed by atoms with Crippen LogP contribution in [0.1, 0.15) is 26.7 Å². The largest absolute Gasteiger partial charge is 0.351 e. The van der Waals surface area contributed by atoms with E-state index in [2.05, 4.69) is 40.5 Å². The molecule has 1 N–H and O–H groups in total. The summed E-state index contributed by atoms with van der Waals surface area (Å²) in [6, 6.07) is 16.1. The van der Waals surface area contributed by atoms with E-state index < -0.39 is 0 Å². The number of fused-ring (bicyclic) bond motifs is 1. The predicted molar refractivity (Wildman–Crippen MR) is 114 cm³/mol. The van der Waals surface area contributed by atoms with Crippen molar-refractivity contribution in [3.8, 4) is 11.3 Å². The van der Waals surface area contributed by atoms with Crippen molar-refractivity contribution in [2.24, 2.45) is 0 Å². The zero-order chi connectivity index (χ0) is 19.5. The number of aryl methyl sites for hydroxylation is 3. The first-order valence-electron chi connectivity index (χ1n) is 9.35. The summed E-state index contributed by atoms with van der Waals surface area (Å²) in [4.78, 5) is 17.9. The number of nitrogens with one attached hydrogen (secondary N) is 1. The van der Waals surface area contributed by atoms with Crippen molar-refractivity contribution in [3.05, 3.63) is 70.2 Å². The number of amides is 1. The highest BCUT2D eigenvalue weighted by Crippen LogP contribution is 2.27. The third-order valence-corrected chi connectivity index (χ3v) is 5.69. The van der Waals surface area contributed by atoms with Crippen LogP contribution in [-0.2, 0) is 6.54 Å². The fourth-order valence-electron chi connectivity index (χ4n) is 3.31. The highest BCUT2D eigenvalue weighted by atomic mass is 32.1. The van der Waals surface area contributed by atoms with Crippen molar-refractivity contribution in [2.75, 3.05) is 6.54 Å². The number of nitrogens with zero attached hydrogens (tertiary/aromatic N) is 3. The van der Waals surface area contributed by atoms with Gasteiger partial charge in [-0.25, -0.2) is 4.98 Å². The first kappa shape index (κ1) is 18.4. The van der Waals surface area contributed by atoms with Crippen LogP contribution in [0.4, 0.5) is 0 Å². The van der Waals surface area contributed by atoms with E-state index in [0.29, 0.717) is 11.4 Å². The number of hydrogen-bond acceptors (Lipinski definition) is 4. The normalized spacial score (nSPS) is 11.1. The van der Waals surface area contributed by atoms with Gasteiger partial charge in [-0.3, -0.25) is 9.48 Å². The molecular weight excluding hydrogens is 368 g/mol. The molecule has 0 aliphatic rings. The number of thiazole rings is 1. The molecule has 0 aliphatic carbocycles. The number of carbonyl (C=O) groups is 1. The molecule has 0 spiro atoms. The predicted octanol–water partition coefficient (Wildman–Crippen LogP) is 4.60. The second-order valence-corrected chi connectivity index (χ2v) is 7.96. The minimum Gasteiger partial charge on any atom is -0.351 e. The Bertz CT molecular complexity index is 1110. The molecule has 2 heterocycles. The molecule has 0 unspecified atom stereocenters. The lowest BCUT2D eigenvalue weighted by atomic mass is 10.1. The number of aromatic nitrogens is 3. The number of benzene rings is 2. The van der Waals surface area contributed by atoms with Crippen LogP contribution in [0.5, 0.6) is 0 Å². The minimum atomic E-state index is -0.0642. The molecule has 2 aromatic carbocycles. The molecular formula is C22H22N4OS. The molecule has 0 saturated carbocycles. The highest BCUT2D eigenvalue weighted by Gasteiger charge is 2.17. The van der Waals surface area contributed by atoms with Gasteiger partial charge in [-0.1, -0.05) is 42.5 Å². The summed E-state index contributed by atoms with van der Waals surface area (Å²) < 4.78 is 2.00. The van der Waals surface area contributed by atoms with Gasteiger partial charge in [0.1, 0.15) is 4.88 Å². The molecule has 4 aromatic rings. The van der Waals surface area contributed by atoms with E-state index in [4.69, 9.17) is 0 Å². The Hall–Kier alpha value is -2.99. The van der Waals surface area contributed by atoms with Crippen LogP contribution >= 0.6 is 11.3 Å². The topological polar surface area (TPSA) is 59.8 Å². The quantitative estimate of drug-likeness (QED) is 0.490. The van der Waals surface area contributed by atoms with E-state index in [1.54, 1.807) is 0 Å². The van der Waals surface area contributed by atoms with Crippen LogP contribution in [0.25, 0.3) is 22.2 Å². The first-order valence-corrected chi connectivity index (χ1v) is 10.2. The Balaban J connectivity index is 1.39. The zero-order valence-electron chi connectivity index (χ0n) is 16.0. The van der Waals surface area contributed by atoms with E-state index in [0.717, 1.165) is 34.7 Å². The van der Waals surface area contributed by atoms with Gasteiger partial charge in [-0.05, 0) is 31.9 Å². The van der Waals surface area contributed by atoms with Gasteiger partial charge in [-0.2, -0.15) is 5.10 Å². The molecule has 5 nitrogen and oxygen atoms in total. The number of hydrogen-bond donors (Lipinski definition) is 1.